The van der Waals surface area contributed by atoms with Crippen molar-refractivity contribution in [3.63, 3.8) is 0 Å². The molecule has 0 heterocycles. The van der Waals surface area contributed by atoms with Crippen LogP contribution in [0.5, 0.6) is 11.5 Å². The van der Waals surface area contributed by atoms with Gasteiger partial charge < -0.3 is 9.47 Å². The Morgan fingerprint density at radius 2 is 1.13 bits per heavy atom. The second-order valence-electron chi connectivity index (χ2n) is 8.98. The summed E-state index contributed by atoms with van der Waals surface area (Å²) in [5.41, 5.74) is 5.75. The number of nitro benzene ring substituents is 2. The number of ether oxygens (including phenoxy) is 2. The average Bonchev–Trinajstić information content (AvgIpc) is 2.96. The summed E-state index contributed by atoms with van der Waals surface area (Å²) < 4.78 is 10.9. The molecule has 0 bridgehead atoms. The maximum absolute atomic E-state index is 11.4. The smallest absolute Gasteiger partial charge is 0.269 e. The molecule has 0 N–H and O–H groups in total. The molecule has 0 saturated carbocycles. The van der Waals surface area contributed by atoms with Gasteiger partial charge in [-0.05, 0) is 69.8 Å². The van der Waals surface area contributed by atoms with Crippen molar-refractivity contribution in [3.8, 4) is 11.5 Å². The molecule has 0 radical (unpaired) electrons. The summed E-state index contributed by atoms with van der Waals surface area (Å²) in [6.07, 6.45) is 2.09. The molecule has 0 aliphatic heterocycles. The van der Waals surface area contributed by atoms with Crippen LogP contribution in [0.3, 0.4) is 0 Å². The maximum atomic E-state index is 11.4. The predicted molar refractivity (Wildman–Crippen MR) is 145 cm³/mol. The summed E-state index contributed by atoms with van der Waals surface area (Å²) in [5.74, 6) is 1.03. The monoisotopic (exact) mass is 508 g/mol. The van der Waals surface area contributed by atoms with Gasteiger partial charge in [0.2, 0.25) is 0 Å². The highest BCUT2D eigenvalue weighted by Crippen LogP contribution is 2.52. The van der Waals surface area contributed by atoms with Crippen molar-refractivity contribution in [3.05, 3.63) is 139 Å². The van der Waals surface area contributed by atoms with Gasteiger partial charge in [-0.15, -0.1) is 0 Å². The standard InChI is InChI=1S/C30H24N2O6/c1-37-25-14-7-21(8-15-25)30-28-18-26(38-2)16-9-22(28)17-27(19-3-10-23(11-4-19)31(33)34)29(30)20-5-12-24(13-6-20)32(35)36/h3-18,29-30H,1-2H3/t29-,30-/m1/s1. The van der Waals surface area contributed by atoms with E-state index in [1.807, 2.05) is 42.5 Å². The topological polar surface area (TPSA) is 105 Å². The summed E-state index contributed by atoms with van der Waals surface area (Å²) in [6.45, 7) is 0. The largest absolute Gasteiger partial charge is 0.497 e. The third-order valence-electron chi connectivity index (χ3n) is 6.96. The molecule has 8 nitrogen and oxygen atoms in total. The Hall–Kier alpha value is -4.98. The molecule has 2 atom stereocenters. The van der Waals surface area contributed by atoms with Crippen LogP contribution < -0.4 is 9.47 Å². The Morgan fingerprint density at radius 3 is 1.68 bits per heavy atom. The lowest BCUT2D eigenvalue weighted by molar-refractivity contribution is -0.385. The van der Waals surface area contributed by atoms with Crippen LogP contribution in [0.4, 0.5) is 11.4 Å². The van der Waals surface area contributed by atoms with Gasteiger partial charge in [-0.3, -0.25) is 20.2 Å². The molecule has 38 heavy (non-hydrogen) atoms. The summed E-state index contributed by atoms with van der Waals surface area (Å²) in [4.78, 5) is 21.8. The maximum Gasteiger partial charge on any atom is 0.269 e. The number of allylic oxidation sites excluding steroid dienone is 1. The SMILES string of the molecule is COc1ccc([C@@H]2c3cc(OC)ccc3C=C(c3ccc([N+](=O)[O-])cc3)[C@H]2c2ccc([N+](=O)[O-])cc2)cc1. The molecular formula is C30H24N2O6. The highest BCUT2D eigenvalue weighted by Gasteiger charge is 2.35. The van der Waals surface area contributed by atoms with Crippen molar-refractivity contribution in [2.24, 2.45) is 0 Å². The molecule has 0 aromatic heterocycles. The Morgan fingerprint density at radius 1 is 0.632 bits per heavy atom. The third kappa shape index (κ3) is 4.59. The van der Waals surface area contributed by atoms with Crippen LogP contribution in [0.2, 0.25) is 0 Å². The normalized spacial score (nSPS) is 16.2. The molecule has 0 amide bonds. The van der Waals surface area contributed by atoms with Crippen LogP contribution in [0, 0.1) is 20.2 Å². The van der Waals surface area contributed by atoms with Gasteiger partial charge in [-0.2, -0.15) is 0 Å². The lowest BCUT2D eigenvalue weighted by Crippen LogP contribution is -2.19. The van der Waals surface area contributed by atoms with Gasteiger partial charge in [0.15, 0.2) is 0 Å². The first-order valence-corrected chi connectivity index (χ1v) is 11.9. The fraction of sp³-hybridized carbons (Fsp3) is 0.133. The van der Waals surface area contributed by atoms with E-state index in [4.69, 9.17) is 9.47 Å². The first-order valence-electron chi connectivity index (χ1n) is 11.9. The number of nitrogens with zero attached hydrogens (tertiary/aromatic N) is 2. The van der Waals surface area contributed by atoms with Gasteiger partial charge in [0, 0.05) is 36.1 Å². The molecule has 1 aliphatic rings. The number of non-ortho nitro benzene ring substituents is 2. The highest BCUT2D eigenvalue weighted by atomic mass is 16.6. The van der Waals surface area contributed by atoms with Crippen molar-refractivity contribution in [2.45, 2.75) is 11.8 Å². The molecule has 0 fully saturated rings. The van der Waals surface area contributed by atoms with E-state index in [-0.39, 0.29) is 23.2 Å². The van der Waals surface area contributed by atoms with E-state index in [9.17, 15) is 20.2 Å². The molecule has 4 aromatic carbocycles. The van der Waals surface area contributed by atoms with Crippen molar-refractivity contribution in [2.75, 3.05) is 14.2 Å². The number of hydrogen-bond acceptors (Lipinski definition) is 6. The number of benzene rings is 4. The lowest BCUT2D eigenvalue weighted by atomic mass is 9.67. The third-order valence-corrected chi connectivity index (χ3v) is 6.96. The van der Waals surface area contributed by atoms with Crippen molar-refractivity contribution in [1.29, 1.82) is 0 Å². The van der Waals surface area contributed by atoms with E-state index in [2.05, 4.69) is 6.08 Å². The Labute approximate surface area is 219 Å². The molecule has 0 unspecified atom stereocenters. The second-order valence-corrected chi connectivity index (χ2v) is 8.98. The van der Waals surface area contributed by atoms with E-state index < -0.39 is 9.85 Å². The number of fused-ring (bicyclic) bond motifs is 1. The molecule has 4 aromatic rings. The molecular weight excluding hydrogens is 484 g/mol. The van der Waals surface area contributed by atoms with Crippen molar-refractivity contribution >= 4 is 23.0 Å². The summed E-state index contributed by atoms with van der Waals surface area (Å²) >= 11 is 0. The fourth-order valence-corrected chi connectivity index (χ4v) is 5.09. The quantitative estimate of drug-likeness (QED) is 0.197. The van der Waals surface area contributed by atoms with Crippen LogP contribution in [0.25, 0.3) is 11.6 Å². The van der Waals surface area contributed by atoms with E-state index in [0.29, 0.717) is 0 Å². The van der Waals surface area contributed by atoms with Gasteiger partial charge in [0.05, 0.1) is 24.1 Å². The predicted octanol–water partition coefficient (Wildman–Crippen LogP) is 6.99. The first-order chi connectivity index (χ1) is 18.4. The second kappa shape index (κ2) is 10.2. The zero-order valence-electron chi connectivity index (χ0n) is 20.7. The van der Waals surface area contributed by atoms with Crippen LogP contribution in [-0.4, -0.2) is 24.1 Å². The van der Waals surface area contributed by atoms with Crippen LogP contribution in [0.1, 0.15) is 39.7 Å². The minimum absolute atomic E-state index is 0.00786. The molecule has 190 valence electrons. The molecule has 0 spiro atoms. The van der Waals surface area contributed by atoms with Gasteiger partial charge in [-0.1, -0.05) is 36.4 Å². The minimum Gasteiger partial charge on any atom is -0.497 e. The number of hydrogen-bond donors (Lipinski definition) is 0. The summed E-state index contributed by atoms with van der Waals surface area (Å²) in [6, 6.07) is 26.9. The minimum atomic E-state index is -0.422. The van der Waals surface area contributed by atoms with Crippen LogP contribution >= 0.6 is 0 Å². The summed E-state index contributed by atoms with van der Waals surface area (Å²) in [5, 5.41) is 22.6. The van der Waals surface area contributed by atoms with Gasteiger partial charge in [-0.25, -0.2) is 0 Å². The highest BCUT2D eigenvalue weighted by molar-refractivity contribution is 5.90. The van der Waals surface area contributed by atoms with Gasteiger partial charge in [0.25, 0.3) is 11.4 Å². The fourth-order valence-electron chi connectivity index (χ4n) is 5.09. The first kappa shape index (κ1) is 24.7. The number of methoxy groups -OCH3 is 2. The van der Waals surface area contributed by atoms with Crippen molar-refractivity contribution in [1.82, 2.24) is 0 Å². The Balaban J connectivity index is 1.76. The molecule has 0 saturated heterocycles. The number of rotatable bonds is 7. The van der Waals surface area contributed by atoms with Gasteiger partial charge >= 0.3 is 0 Å². The van der Waals surface area contributed by atoms with E-state index in [0.717, 1.165) is 44.9 Å². The zero-order valence-corrected chi connectivity index (χ0v) is 20.7. The van der Waals surface area contributed by atoms with E-state index in [1.165, 1.54) is 24.3 Å². The molecule has 5 rings (SSSR count). The van der Waals surface area contributed by atoms with Crippen molar-refractivity contribution < 1.29 is 19.3 Å². The average molecular weight is 509 g/mol. The van der Waals surface area contributed by atoms with Crippen LogP contribution in [-0.2, 0) is 0 Å². The Kier molecular flexibility index (Phi) is 6.62. The Bertz CT molecular complexity index is 1530. The molecule has 8 heteroatoms. The molecule has 1 aliphatic carbocycles. The van der Waals surface area contributed by atoms with E-state index >= 15 is 0 Å². The summed E-state index contributed by atoms with van der Waals surface area (Å²) in [7, 11) is 3.24. The van der Waals surface area contributed by atoms with Gasteiger partial charge in [0.1, 0.15) is 11.5 Å². The number of nitro groups is 2. The van der Waals surface area contributed by atoms with E-state index in [1.54, 1.807) is 38.5 Å². The zero-order chi connectivity index (χ0) is 26.8. The lowest BCUT2D eigenvalue weighted by Gasteiger charge is -2.36. The van der Waals surface area contributed by atoms with Crippen LogP contribution in [0.15, 0.2) is 91.0 Å².